The normalized spacial score (nSPS) is 11.3. The van der Waals surface area contributed by atoms with Gasteiger partial charge in [-0.1, -0.05) is 39.0 Å². The molecule has 0 saturated carbocycles. The highest BCUT2D eigenvalue weighted by Gasteiger charge is 2.13. The van der Waals surface area contributed by atoms with E-state index in [1.807, 2.05) is 6.07 Å². The molecule has 1 aromatic heterocycles. The standard InChI is InChI=1S/C20H20O3/c1-4-13-5-6-14(12(2)3)9-17(13)18-10-15-7-8-16(21)11-19(15)23-20(18)22/h5-12,21H,4H2,1-3H3. The lowest BCUT2D eigenvalue weighted by Crippen LogP contribution is -2.05. The molecule has 3 heteroatoms. The van der Waals surface area contributed by atoms with Crippen LogP contribution < -0.4 is 5.63 Å². The van der Waals surface area contributed by atoms with Crippen molar-refractivity contribution >= 4 is 11.0 Å². The van der Waals surface area contributed by atoms with E-state index in [0.29, 0.717) is 17.1 Å². The summed E-state index contributed by atoms with van der Waals surface area (Å²) in [6, 6.07) is 13.0. The minimum absolute atomic E-state index is 0.0875. The number of phenols is 1. The lowest BCUT2D eigenvalue weighted by atomic mass is 9.92. The fraction of sp³-hybridized carbons (Fsp3) is 0.250. The van der Waals surface area contributed by atoms with Crippen molar-refractivity contribution < 1.29 is 9.52 Å². The molecule has 1 N–H and O–H groups in total. The highest BCUT2D eigenvalue weighted by Crippen LogP contribution is 2.29. The minimum Gasteiger partial charge on any atom is -0.508 e. The SMILES string of the molecule is CCc1ccc(C(C)C)cc1-c1cc2ccc(O)cc2oc1=O. The maximum Gasteiger partial charge on any atom is 0.344 e. The number of fused-ring (bicyclic) bond motifs is 1. The van der Waals surface area contributed by atoms with Gasteiger partial charge in [0.05, 0.1) is 5.56 Å². The summed E-state index contributed by atoms with van der Waals surface area (Å²) in [7, 11) is 0. The van der Waals surface area contributed by atoms with Crippen molar-refractivity contribution in [2.24, 2.45) is 0 Å². The van der Waals surface area contributed by atoms with Crippen molar-refractivity contribution in [1.29, 1.82) is 0 Å². The van der Waals surface area contributed by atoms with Crippen LogP contribution in [-0.2, 0) is 6.42 Å². The molecule has 3 rings (SSSR count). The molecule has 0 amide bonds. The molecule has 118 valence electrons. The van der Waals surface area contributed by atoms with Gasteiger partial charge in [0.15, 0.2) is 0 Å². The fourth-order valence-corrected chi connectivity index (χ4v) is 2.80. The summed E-state index contributed by atoms with van der Waals surface area (Å²) >= 11 is 0. The van der Waals surface area contributed by atoms with Crippen molar-refractivity contribution in [2.45, 2.75) is 33.1 Å². The predicted molar refractivity (Wildman–Crippen MR) is 93.1 cm³/mol. The number of phenolic OH excluding ortho intramolecular Hbond substituents is 1. The summed E-state index contributed by atoms with van der Waals surface area (Å²) in [5.74, 6) is 0.480. The van der Waals surface area contributed by atoms with Gasteiger partial charge in [-0.2, -0.15) is 0 Å². The molecular formula is C20H20O3. The second-order valence-electron chi connectivity index (χ2n) is 6.09. The molecule has 0 saturated heterocycles. The van der Waals surface area contributed by atoms with Crippen molar-refractivity contribution in [3.63, 3.8) is 0 Å². The highest BCUT2D eigenvalue weighted by atomic mass is 16.4. The lowest BCUT2D eigenvalue weighted by Gasteiger charge is -2.12. The van der Waals surface area contributed by atoms with E-state index in [1.54, 1.807) is 12.1 Å². The van der Waals surface area contributed by atoms with E-state index in [-0.39, 0.29) is 11.4 Å². The second-order valence-corrected chi connectivity index (χ2v) is 6.09. The summed E-state index contributed by atoms with van der Waals surface area (Å²) in [5, 5.41) is 10.3. The molecule has 0 spiro atoms. The molecule has 23 heavy (non-hydrogen) atoms. The average Bonchev–Trinajstić information content (AvgIpc) is 2.53. The lowest BCUT2D eigenvalue weighted by molar-refractivity contribution is 0.473. The van der Waals surface area contributed by atoms with E-state index in [2.05, 4.69) is 39.0 Å². The van der Waals surface area contributed by atoms with Crippen LogP contribution in [0.5, 0.6) is 5.75 Å². The Hall–Kier alpha value is -2.55. The zero-order valence-corrected chi connectivity index (χ0v) is 13.6. The van der Waals surface area contributed by atoms with Gasteiger partial charge >= 0.3 is 5.63 Å². The Morgan fingerprint density at radius 1 is 1.04 bits per heavy atom. The number of aryl methyl sites for hydroxylation is 1. The van der Waals surface area contributed by atoms with E-state index >= 15 is 0 Å². The third-order valence-electron chi connectivity index (χ3n) is 4.19. The molecule has 1 heterocycles. The zero-order valence-electron chi connectivity index (χ0n) is 13.6. The Morgan fingerprint density at radius 2 is 1.83 bits per heavy atom. The van der Waals surface area contributed by atoms with Gasteiger partial charge in [0.25, 0.3) is 0 Å². The van der Waals surface area contributed by atoms with Crippen molar-refractivity contribution in [3.8, 4) is 16.9 Å². The molecule has 0 bridgehead atoms. The maximum absolute atomic E-state index is 12.4. The van der Waals surface area contributed by atoms with Crippen LogP contribution in [-0.4, -0.2) is 5.11 Å². The minimum atomic E-state index is -0.376. The molecule has 0 aliphatic rings. The van der Waals surface area contributed by atoms with E-state index in [4.69, 9.17) is 4.42 Å². The van der Waals surface area contributed by atoms with Crippen LogP contribution >= 0.6 is 0 Å². The van der Waals surface area contributed by atoms with Crippen LogP contribution in [0.25, 0.3) is 22.1 Å². The number of hydrogen-bond acceptors (Lipinski definition) is 3. The highest BCUT2D eigenvalue weighted by molar-refractivity contribution is 5.83. The van der Waals surface area contributed by atoms with E-state index in [1.165, 1.54) is 11.6 Å². The molecule has 0 fully saturated rings. The Kier molecular flexibility index (Phi) is 3.95. The number of benzene rings is 2. The fourth-order valence-electron chi connectivity index (χ4n) is 2.80. The molecule has 2 aromatic carbocycles. The summed E-state index contributed by atoms with van der Waals surface area (Å²) < 4.78 is 5.41. The van der Waals surface area contributed by atoms with Gasteiger partial charge in [-0.05, 0) is 47.2 Å². The topological polar surface area (TPSA) is 50.4 Å². The molecule has 3 nitrogen and oxygen atoms in total. The average molecular weight is 308 g/mol. The van der Waals surface area contributed by atoms with E-state index in [9.17, 15) is 9.90 Å². The third kappa shape index (κ3) is 2.87. The van der Waals surface area contributed by atoms with Gasteiger partial charge in [-0.3, -0.25) is 0 Å². The Balaban J connectivity index is 2.27. The number of aromatic hydroxyl groups is 1. The van der Waals surface area contributed by atoms with E-state index in [0.717, 1.165) is 22.9 Å². The maximum atomic E-state index is 12.4. The Morgan fingerprint density at radius 3 is 2.52 bits per heavy atom. The molecule has 0 aliphatic carbocycles. The summed E-state index contributed by atoms with van der Waals surface area (Å²) in [6.45, 7) is 6.35. The summed E-state index contributed by atoms with van der Waals surface area (Å²) in [6.07, 6.45) is 0.848. The third-order valence-corrected chi connectivity index (χ3v) is 4.19. The van der Waals surface area contributed by atoms with Crippen molar-refractivity contribution in [2.75, 3.05) is 0 Å². The van der Waals surface area contributed by atoms with E-state index < -0.39 is 0 Å². The molecule has 0 radical (unpaired) electrons. The molecule has 0 atom stereocenters. The van der Waals surface area contributed by atoms with Gasteiger partial charge in [0.1, 0.15) is 11.3 Å². The number of hydrogen-bond donors (Lipinski definition) is 1. The summed E-state index contributed by atoms with van der Waals surface area (Å²) in [5.41, 5.74) is 3.85. The van der Waals surface area contributed by atoms with Crippen LogP contribution in [0.3, 0.4) is 0 Å². The second kappa shape index (κ2) is 5.92. The quantitative estimate of drug-likeness (QED) is 0.704. The predicted octanol–water partition coefficient (Wildman–Crippen LogP) is 4.85. The monoisotopic (exact) mass is 308 g/mol. The Labute approximate surface area is 135 Å². The zero-order chi connectivity index (χ0) is 16.6. The Bertz CT molecular complexity index is 920. The summed E-state index contributed by atoms with van der Waals surface area (Å²) in [4.78, 5) is 12.4. The molecule has 0 aliphatic heterocycles. The van der Waals surface area contributed by atoms with Gasteiger partial charge < -0.3 is 9.52 Å². The van der Waals surface area contributed by atoms with Gasteiger partial charge in [0, 0.05) is 11.5 Å². The van der Waals surface area contributed by atoms with Crippen LogP contribution in [0.4, 0.5) is 0 Å². The van der Waals surface area contributed by atoms with Crippen LogP contribution in [0.15, 0.2) is 51.7 Å². The van der Waals surface area contributed by atoms with Crippen LogP contribution in [0.1, 0.15) is 37.8 Å². The molecule has 3 aromatic rings. The first-order valence-electron chi connectivity index (χ1n) is 7.89. The van der Waals surface area contributed by atoms with Gasteiger partial charge in [-0.15, -0.1) is 0 Å². The van der Waals surface area contributed by atoms with Gasteiger partial charge in [-0.25, -0.2) is 4.79 Å². The van der Waals surface area contributed by atoms with Crippen molar-refractivity contribution in [3.05, 3.63) is 64.0 Å². The van der Waals surface area contributed by atoms with Crippen LogP contribution in [0, 0.1) is 0 Å². The largest absolute Gasteiger partial charge is 0.508 e. The molecular weight excluding hydrogens is 288 g/mol. The van der Waals surface area contributed by atoms with Gasteiger partial charge in [0.2, 0.25) is 0 Å². The first-order chi connectivity index (χ1) is 11.0. The van der Waals surface area contributed by atoms with Crippen LogP contribution in [0.2, 0.25) is 0 Å². The smallest absolute Gasteiger partial charge is 0.344 e. The molecule has 0 unspecified atom stereocenters. The first kappa shape index (κ1) is 15.3. The van der Waals surface area contributed by atoms with Crippen molar-refractivity contribution in [1.82, 2.24) is 0 Å². The first-order valence-corrected chi connectivity index (χ1v) is 7.89. The number of rotatable bonds is 3.